The number of anilines is 1. The summed E-state index contributed by atoms with van der Waals surface area (Å²) in [5.41, 5.74) is 2.23. The van der Waals surface area contributed by atoms with Gasteiger partial charge in [0.05, 0.1) is 5.69 Å². The third-order valence-corrected chi connectivity index (χ3v) is 3.05. The molecule has 20 heavy (non-hydrogen) atoms. The molecule has 0 aliphatic carbocycles. The molecule has 2 radical (unpaired) electrons. The molecule has 0 spiro atoms. The van der Waals surface area contributed by atoms with Gasteiger partial charge >= 0.3 is 0 Å². The first-order chi connectivity index (χ1) is 9.90. The maximum atomic E-state index is 5.81. The van der Waals surface area contributed by atoms with E-state index in [4.69, 9.17) is 9.47 Å². The largest absolute Gasteiger partial charge is 0.469 e. The zero-order valence-electron chi connectivity index (χ0n) is 10.5. The number of rotatable bonds is 1. The minimum Gasteiger partial charge on any atom is -0.469 e. The fourth-order valence-corrected chi connectivity index (χ4v) is 2.07. The molecule has 4 heteroatoms. The molecule has 4 rings (SSSR count). The second-order valence-corrected chi connectivity index (χ2v) is 4.38. The zero-order valence-corrected chi connectivity index (χ0v) is 10.5. The van der Waals surface area contributed by atoms with Gasteiger partial charge in [0.2, 0.25) is 0 Å². The predicted molar refractivity (Wildman–Crippen MR) is 76.2 cm³/mol. The molecule has 0 fully saturated rings. The van der Waals surface area contributed by atoms with E-state index in [0.29, 0.717) is 17.2 Å². The number of hydrogen-bond donors (Lipinski definition) is 1. The summed E-state index contributed by atoms with van der Waals surface area (Å²) >= 11 is 0. The molecule has 2 heterocycles. The molecule has 0 saturated heterocycles. The molecule has 0 atom stereocenters. The molecule has 0 saturated carbocycles. The van der Waals surface area contributed by atoms with Crippen molar-refractivity contribution in [2.75, 3.05) is 5.32 Å². The summed E-state index contributed by atoms with van der Waals surface area (Å²) in [6, 6.07) is 15.3. The average molecular weight is 262 g/mol. The van der Waals surface area contributed by atoms with Crippen LogP contribution in [0.5, 0.6) is 11.5 Å². The number of benzene rings is 2. The minimum atomic E-state index is 0.533. The lowest BCUT2D eigenvalue weighted by Gasteiger charge is -2.21. The van der Waals surface area contributed by atoms with Gasteiger partial charge in [0.25, 0.3) is 6.61 Å². The van der Waals surface area contributed by atoms with Gasteiger partial charge in [0.15, 0.2) is 11.5 Å². The summed E-state index contributed by atoms with van der Waals surface area (Å²) in [4.78, 5) is 4.49. The average Bonchev–Trinajstić information content (AvgIpc) is 2.54. The Morgan fingerprint density at radius 1 is 0.950 bits per heavy atom. The molecule has 1 N–H and O–H groups in total. The third kappa shape index (κ3) is 1.82. The maximum absolute atomic E-state index is 5.81. The number of hydrogen-bond acceptors (Lipinski definition) is 4. The van der Waals surface area contributed by atoms with Gasteiger partial charge in [-0.25, -0.2) is 4.99 Å². The van der Waals surface area contributed by atoms with Crippen LogP contribution < -0.4 is 14.8 Å². The molecule has 0 amide bonds. The van der Waals surface area contributed by atoms with Gasteiger partial charge in [0.1, 0.15) is 17.1 Å². The van der Waals surface area contributed by atoms with Crippen LogP contribution >= 0.6 is 0 Å². The molecule has 4 nitrogen and oxygen atoms in total. The van der Waals surface area contributed by atoms with Gasteiger partial charge in [0, 0.05) is 6.20 Å². The summed E-state index contributed by atoms with van der Waals surface area (Å²) in [7, 11) is 0. The SMILES string of the molecule is [C]1Oc2ccccc2N=C1C1=CNc2ccccc2O1. The molecular weight excluding hydrogens is 252 g/mol. The highest BCUT2D eigenvalue weighted by atomic mass is 16.5. The fourth-order valence-electron chi connectivity index (χ4n) is 2.07. The summed E-state index contributed by atoms with van der Waals surface area (Å²) in [6.45, 7) is 2.79. The van der Waals surface area contributed by atoms with Gasteiger partial charge < -0.3 is 14.8 Å². The first kappa shape index (κ1) is 11.1. The quantitative estimate of drug-likeness (QED) is 0.854. The van der Waals surface area contributed by atoms with Crippen LogP contribution in [0.4, 0.5) is 11.4 Å². The Kier molecular flexibility index (Phi) is 2.45. The van der Waals surface area contributed by atoms with Crippen LogP contribution in [0.2, 0.25) is 0 Å². The van der Waals surface area contributed by atoms with Crippen LogP contribution in [-0.2, 0) is 0 Å². The van der Waals surface area contributed by atoms with E-state index in [-0.39, 0.29) is 0 Å². The van der Waals surface area contributed by atoms with E-state index in [1.54, 1.807) is 6.20 Å². The van der Waals surface area contributed by atoms with Gasteiger partial charge in [-0.2, -0.15) is 0 Å². The van der Waals surface area contributed by atoms with Gasteiger partial charge in [-0.1, -0.05) is 24.3 Å². The van der Waals surface area contributed by atoms with Gasteiger partial charge in [-0.3, -0.25) is 0 Å². The Morgan fingerprint density at radius 3 is 2.70 bits per heavy atom. The van der Waals surface area contributed by atoms with Crippen molar-refractivity contribution in [1.29, 1.82) is 0 Å². The van der Waals surface area contributed by atoms with Crippen molar-refractivity contribution < 1.29 is 9.47 Å². The summed E-state index contributed by atoms with van der Waals surface area (Å²) in [5, 5.41) is 3.17. The minimum absolute atomic E-state index is 0.533. The Hall–Kier alpha value is -2.75. The van der Waals surface area contributed by atoms with Crippen LogP contribution in [0.3, 0.4) is 0 Å². The van der Waals surface area contributed by atoms with E-state index < -0.39 is 0 Å². The second kappa shape index (κ2) is 4.42. The number of nitrogens with one attached hydrogen (secondary N) is 1. The van der Waals surface area contributed by atoms with Gasteiger partial charge in [-0.05, 0) is 24.3 Å². The zero-order chi connectivity index (χ0) is 13.4. The van der Waals surface area contributed by atoms with E-state index >= 15 is 0 Å². The van der Waals surface area contributed by atoms with Crippen LogP contribution in [0.25, 0.3) is 0 Å². The summed E-state index contributed by atoms with van der Waals surface area (Å²) < 4.78 is 11.3. The normalized spacial score (nSPS) is 15.6. The van der Waals surface area contributed by atoms with Crippen LogP contribution in [0.1, 0.15) is 0 Å². The first-order valence-electron chi connectivity index (χ1n) is 6.25. The van der Waals surface area contributed by atoms with Crippen LogP contribution in [0.15, 0.2) is 65.5 Å². The number of nitrogens with zero attached hydrogens (tertiary/aromatic N) is 1. The molecule has 0 unspecified atom stereocenters. The molecular formula is C16H10N2O2. The first-order valence-corrected chi connectivity index (χ1v) is 6.25. The predicted octanol–water partition coefficient (Wildman–Crippen LogP) is 3.54. The van der Waals surface area contributed by atoms with Crippen LogP contribution in [0, 0.1) is 6.61 Å². The topological polar surface area (TPSA) is 42.8 Å². The van der Waals surface area contributed by atoms with Crippen LogP contribution in [-0.4, -0.2) is 5.71 Å². The number of para-hydroxylation sites is 4. The molecule has 2 aromatic rings. The van der Waals surface area contributed by atoms with Crippen molar-refractivity contribution in [2.24, 2.45) is 4.99 Å². The summed E-state index contributed by atoms with van der Waals surface area (Å²) in [6.07, 6.45) is 1.76. The smallest absolute Gasteiger partial charge is 0.254 e. The molecule has 2 aromatic carbocycles. The van der Waals surface area contributed by atoms with E-state index in [2.05, 4.69) is 16.9 Å². The Morgan fingerprint density at radius 2 is 1.75 bits per heavy atom. The fraction of sp³-hybridized carbons (Fsp3) is 0. The van der Waals surface area contributed by atoms with E-state index in [0.717, 1.165) is 17.1 Å². The molecule has 0 aromatic heterocycles. The Labute approximate surface area is 116 Å². The van der Waals surface area contributed by atoms with E-state index in [1.165, 1.54) is 0 Å². The highest BCUT2D eigenvalue weighted by Gasteiger charge is 2.22. The standard InChI is InChI=1S/C16H10N2O2/c1-4-8-15-11(5-1)17-9-16(20-15)13-10-19-14-7-3-2-6-12(14)18-13/h1-9,17H. The molecule has 2 aliphatic heterocycles. The molecule has 2 aliphatic rings. The lowest BCUT2D eigenvalue weighted by molar-refractivity contribution is 0.417. The Bertz CT molecular complexity index is 735. The van der Waals surface area contributed by atoms with Crippen molar-refractivity contribution in [1.82, 2.24) is 0 Å². The number of aliphatic imine (C=N–C) groups is 1. The lowest BCUT2D eigenvalue weighted by atomic mass is 10.2. The van der Waals surface area contributed by atoms with Gasteiger partial charge in [-0.15, -0.1) is 0 Å². The third-order valence-electron chi connectivity index (χ3n) is 3.05. The molecule has 0 bridgehead atoms. The monoisotopic (exact) mass is 262 g/mol. The van der Waals surface area contributed by atoms with E-state index in [9.17, 15) is 0 Å². The Balaban J connectivity index is 1.68. The number of fused-ring (bicyclic) bond motifs is 2. The number of ether oxygens (including phenoxy) is 2. The van der Waals surface area contributed by atoms with E-state index in [1.807, 2.05) is 48.5 Å². The molecule has 96 valence electrons. The van der Waals surface area contributed by atoms with Crippen molar-refractivity contribution >= 4 is 17.1 Å². The van der Waals surface area contributed by atoms with Crippen molar-refractivity contribution in [3.05, 3.63) is 67.1 Å². The maximum Gasteiger partial charge on any atom is 0.254 e. The summed E-state index contributed by atoms with van der Waals surface area (Å²) in [5.74, 6) is 2.03. The van der Waals surface area contributed by atoms with Crippen molar-refractivity contribution in [2.45, 2.75) is 0 Å². The lowest BCUT2D eigenvalue weighted by Crippen LogP contribution is -2.19. The van der Waals surface area contributed by atoms with Crippen molar-refractivity contribution in [3.63, 3.8) is 0 Å². The second-order valence-electron chi connectivity index (χ2n) is 4.38. The highest BCUT2D eigenvalue weighted by molar-refractivity contribution is 6.07. The van der Waals surface area contributed by atoms with Crippen molar-refractivity contribution in [3.8, 4) is 11.5 Å². The highest BCUT2D eigenvalue weighted by Crippen LogP contribution is 2.35.